The van der Waals surface area contributed by atoms with E-state index < -0.39 is 0 Å². The number of pyridine rings is 1. The molecule has 0 unspecified atom stereocenters. The first-order chi connectivity index (χ1) is 8.56. The number of nitrogens with two attached hydrogens (primary N) is 1. The van der Waals surface area contributed by atoms with Gasteiger partial charge in [0.25, 0.3) is 0 Å². The summed E-state index contributed by atoms with van der Waals surface area (Å²) in [5.74, 6) is 0.874. The van der Waals surface area contributed by atoms with E-state index in [0.717, 1.165) is 23.5 Å². The van der Waals surface area contributed by atoms with Crippen molar-refractivity contribution in [1.29, 1.82) is 0 Å². The van der Waals surface area contributed by atoms with E-state index in [2.05, 4.69) is 10.1 Å². The number of anilines is 1. The maximum atomic E-state index is 5.53. The lowest BCUT2D eigenvalue weighted by Gasteiger charge is -2.17. The van der Waals surface area contributed by atoms with Gasteiger partial charge in [-0.1, -0.05) is 12.2 Å². The molecule has 0 spiro atoms. The van der Waals surface area contributed by atoms with Crippen molar-refractivity contribution in [3.63, 3.8) is 0 Å². The number of thiocarbonyl (C=S) groups is 1. The van der Waals surface area contributed by atoms with Crippen LogP contribution in [0.1, 0.15) is 11.1 Å². The zero-order chi connectivity index (χ0) is 13.1. The summed E-state index contributed by atoms with van der Waals surface area (Å²) in [5, 5.41) is 4.14. The number of nitrogens with zero attached hydrogens (tertiary/aromatic N) is 4. The van der Waals surface area contributed by atoms with Crippen molar-refractivity contribution in [2.24, 2.45) is 12.8 Å². The molecule has 6 heteroatoms. The SMILES string of the molecule is CN(Cc1cnn(C)c1)c1ccc(C(N)=S)cn1. The lowest BCUT2D eigenvalue weighted by atomic mass is 10.2. The largest absolute Gasteiger partial charge is 0.389 e. The molecule has 0 fully saturated rings. The van der Waals surface area contributed by atoms with Gasteiger partial charge in [0, 0.05) is 44.2 Å². The molecule has 2 rings (SSSR count). The molecule has 18 heavy (non-hydrogen) atoms. The Morgan fingerprint density at radius 2 is 2.22 bits per heavy atom. The lowest BCUT2D eigenvalue weighted by molar-refractivity contribution is 0.766. The molecule has 2 heterocycles. The van der Waals surface area contributed by atoms with Crippen LogP contribution < -0.4 is 10.6 Å². The maximum absolute atomic E-state index is 5.53. The van der Waals surface area contributed by atoms with Gasteiger partial charge in [-0.05, 0) is 12.1 Å². The minimum Gasteiger partial charge on any atom is -0.389 e. The number of aryl methyl sites for hydroxylation is 1. The summed E-state index contributed by atoms with van der Waals surface area (Å²) in [6.07, 6.45) is 5.52. The molecule has 0 radical (unpaired) electrons. The summed E-state index contributed by atoms with van der Waals surface area (Å²) < 4.78 is 1.78. The molecule has 94 valence electrons. The van der Waals surface area contributed by atoms with Crippen molar-refractivity contribution in [1.82, 2.24) is 14.8 Å². The Balaban J connectivity index is 2.09. The molecular formula is C12H15N5S. The highest BCUT2D eigenvalue weighted by molar-refractivity contribution is 7.80. The van der Waals surface area contributed by atoms with Crippen molar-refractivity contribution < 1.29 is 0 Å². The standard InChI is InChI=1S/C12H15N5S/c1-16(7-9-5-15-17(2)8-9)11-4-3-10(6-14-11)12(13)18/h3-6,8H,7H2,1-2H3,(H2,13,18). The minimum absolute atomic E-state index is 0.365. The molecule has 0 aromatic carbocycles. The van der Waals surface area contributed by atoms with Crippen LogP contribution in [0.5, 0.6) is 0 Å². The van der Waals surface area contributed by atoms with Gasteiger partial charge in [0.2, 0.25) is 0 Å². The van der Waals surface area contributed by atoms with E-state index in [9.17, 15) is 0 Å². The number of aromatic nitrogens is 3. The Hall–Kier alpha value is -1.95. The molecule has 0 bridgehead atoms. The molecular weight excluding hydrogens is 246 g/mol. The fourth-order valence-corrected chi connectivity index (χ4v) is 1.79. The second-order valence-corrected chi connectivity index (χ2v) is 4.59. The zero-order valence-corrected chi connectivity index (χ0v) is 11.2. The van der Waals surface area contributed by atoms with Crippen molar-refractivity contribution in [2.75, 3.05) is 11.9 Å². The van der Waals surface area contributed by atoms with Crippen molar-refractivity contribution in [2.45, 2.75) is 6.54 Å². The molecule has 0 aliphatic rings. The summed E-state index contributed by atoms with van der Waals surface area (Å²) in [7, 11) is 3.88. The Morgan fingerprint density at radius 3 is 2.72 bits per heavy atom. The number of rotatable bonds is 4. The monoisotopic (exact) mass is 261 g/mol. The van der Waals surface area contributed by atoms with Crippen molar-refractivity contribution >= 4 is 23.0 Å². The highest BCUT2D eigenvalue weighted by Gasteiger charge is 2.05. The van der Waals surface area contributed by atoms with E-state index in [1.54, 1.807) is 10.9 Å². The van der Waals surface area contributed by atoms with E-state index in [-0.39, 0.29) is 0 Å². The van der Waals surface area contributed by atoms with Crippen LogP contribution in [0.4, 0.5) is 5.82 Å². The minimum atomic E-state index is 0.365. The summed E-state index contributed by atoms with van der Waals surface area (Å²) in [6.45, 7) is 0.757. The van der Waals surface area contributed by atoms with Gasteiger partial charge in [0.05, 0.1) is 6.20 Å². The van der Waals surface area contributed by atoms with Gasteiger partial charge in [0.1, 0.15) is 10.8 Å². The molecule has 0 aliphatic carbocycles. The predicted molar refractivity (Wildman–Crippen MR) is 75.4 cm³/mol. The Morgan fingerprint density at radius 1 is 1.44 bits per heavy atom. The van der Waals surface area contributed by atoms with Gasteiger partial charge in [-0.25, -0.2) is 4.98 Å². The molecule has 0 amide bonds. The third kappa shape index (κ3) is 2.84. The van der Waals surface area contributed by atoms with Crippen molar-refractivity contribution in [3.05, 3.63) is 41.9 Å². The van der Waals surface area contributed by atoms with E-state index in [4.69, 9.17) is 18.0 Å². The van der Waals surface area contributed by atoms with E-state index in [0.29, 0.717) is 4.99 Å². The van der Waals surface area contributed by atoms with Crippen LogP contribution in [-0.4, -0.2) is 26.8 Å². The Labute approximate surface area is 111 Å². The molecule has 2 aromatic heterocycles. The topological polar surface area (TPSA) is 60.0 Å². The fourth-order valence-electron chi connectivity index (χ4n) is 1.67. The lowest BCUT2D eigenvalue weighted by Crippen LogP contribution is -2.18. The summed E-state index contributed by atoms with van der Waals surface area (Å²) in [4.78, 5) is 6.74. The van der Waals surface area contributed by atoms with Gasteiger partial charge in [-0.3, -0.25) is 4.68 Å². The van der Waals surface area contributed by atoms with Crippen LogP contribution in [-0.2, 0) is 13.6 Å². The molecule has 2 N–H and O–H groups in total. The van der Waals surface area contributed by atoms with Gasteiger partial charge in [-0.15, -0.1) is 0 Å². The first-order valence-electron chi connectivity index (χ1n) is 5.51. The van der Waals surface area contributed by atoms with E-state index >= 15 is 0 Å². The van der Waals surface area contributed by atoms with Gasteiger partial charge >= 0.3 is 0 Å². The maximum Gasteiger partial charge on any atom is 0.128 e. The molecule has 0 saturated heterocycles. The van der Waals surface area contributed by atoms with Crippen LogP contribution in [0.15, 0.2) is 30.7 Å². The first kappa shape index (κ1) is 12.5. The number of hydrogen-bond donors (Lipinski definition) is 1. The van der Waals surface area contributed by atoms with Gasteiger partial charge in [-0.2, -0.15) is 5.10 Å². The molecule has 2 aromatic rings. The first-order valence-corrected chi connectivity index (χ1v) is 5.91. The van der Waals surface area contributed by atoms with Crippen LogP contribution in [0.2, 0.25) is 0 Å². The van der Waals surface area contributed by atoms with Crippen LogP contribution >= 0.6 is 12.2 Å². The third-order valence-corrected chi connectivity index (χ3v) is 2.84. The van der Waals surface area contributed by atoms with E-state index in [1.807, 2.05) is 43.5 Å². The molecule has 0 aliphatic heterocycles. The average molecular weight is 261 g/mol. The summed E-state index contributed by atoms with van der Waals surface area (Å²) in [6, 6.07) is 3.79. The fraction of sp³-hybridized carbons (Fsp3) is 0.250. The second kappa shape index (κ2) is 5.14. The molecule has 0 saturated carbocycles. The predicted octanol–water partition coefficient (Wildman–Crippen LogP) is 1.09. The number of hydrogen-bond acceptors (Lipinski definition) is 4. The van der Waals surface area contributed by atoms with Gasteiger partial charge < -0.3 is 10.6 Å². The zero-order valence-electron chi connectivity index (χ0n) is 10.4. The summed E-state index contributed by atoms with van der Waals surface area (Å²) in [5.41, 5.74) is 7.45. The third-order valence-electron chi connectivity index (χ3n) is 2.60. The van der Waals surface area contributed by atoms with Crippen molar-refractivity contribution in [3.8, 4) is 0 Å². The molecule has 0 atom stereocenters. The normalized spacial score (nSPS) is 10.3. The Bertz CT molecular complexity index is 546. The van der Waals surface area contributed by atoms with E-state index in [1.165, 1.54) is 0 Å². The van der Waals surface area contributed by atoms with Crippen LogP contribution in [0.3, 0.4) is 0 Å². The van der Waals surface area contributed by atoms with Crippen LogP contribution in [0.25, 0.3) is 0 Å². The average Bonchev–Trinajstić information content (AvgIpc) is 2.75. The quantitative estimate of drug-likeness (QED) is 0.835. The van der Waals surface area contributed by atoms with Crippen LogP contribution in [0, 0.1) is 0 Å². The second-order valence-electron chi connectivity index (χ2n) is 4.15. The Kier molecular flexibility index (Phi) is 3.57. The van der Waals surface area contributed by atoms with Gasteiger partial charge in [0.15, 0.2) is 0 Å². The molecule has 5 nitrogen and oxygen atoms in total. The smallest absolute Gasteiger partial charge is 0.128 e. The highest BCUT2D eigenvalue weighted by Crippen LogP contribution is 2.12. The highest BCUT2D eigenvalue weighted by atomic mass is 32.1. The summed E-state index contributed by atoms with van der Waals surface area (Å²) >= 11 is 4.89.